The maximum Gasteiger partial charge on any atom is 0.232 e. The quantitative estimate of drug-likeness (QED) is 0.763. The average molecular weight is 237 g/mol. The van der Waals surface area contributed by atoms with E-state index < -0.39 is 0 Å². The van der Waals surface area contributed by atoms with Crippen LogP contribution in [0.3, 0.4) is 0 Å². The molecule has 96 valence electrons. The standard InChI is InChI=1S/C13H23N3O/c1-12(2,3)11-15-10(16-17-11)13(14)8-6-4-5-7-9-13/h4-9,14H2,1-3H3. The summed E-state index contributed by atoms with van der Waals surface area (Å²) >= 11 is 0. The summed E-state index contributed by atoms with van der Waals surface area (Å²) in [4.78, 5) is 4.52. The van der Waals surface area contributed by atoms with E-state index in [1.807, 2.05) is 0 Å². The van der Waals surface area contributed by atoms with E-state index >= 15 is 0 Å². The number of nitrogens with two attached hydrogens (primary N) is 1. The molecule has 1 fully saturated rings. The fourth-order valence-electron chi connectivity index (χ4n) is 2.31. The van der Waals surface area contributed by atoms with Gasteiger partial charge in [-0.1, -0.05) is 51.6 Å². The third-order valence-corrected chi connectivity index (χ3v) is 3.51. The molecule has 2 rings (SSSR count). The minimum absolute atomic E-state index is 0.105. The van der Waals surface area contributed by atoms with E-state index in [4.69, 9.17) is 10.3 Å². The SMILES string of the molecule is CC(C)(C)c1nc(C2(N)CCCCCC2)no1. The Labute approximate surface area is 103 Å². The molecule has 0 spiro atoms. The first-order valence-electron chi connectivity index (χ1n) is 6.55. The molecule has 0 bridgehead atoms. The number of nitrogens with zero attached hydrogens (tertiary/aromatic N) is 2. The molecule has 0 atom stereocenters. The third-order valence-electron chi connectivity index (χ3n) is 3.51. The molecule has 0 aliphatic heterocycles. The van der Waals surface area contributed by atoms with Crippen LogP contribution in [0.1, 0.15) is 71.0 Å². The molecule has 0 aromatic carbocycles. The van der Waals surface area contributed by atoms with Gasteiger partial charge in [-0.3, -0.25) is 0 Å². The molecule has 4 heteroatoms. The van der Waals surface area contributed by atoms with Crippen LogP contribution in [0.25, 0.3) is 0 Å². The van der Waals surface area contributed by atoms with Crippen LogP contribution in [-0.2, 0) is 11.0 Å². The normalized spacial score (nSPS) is 21.2. The Kier molecular flexibility index (Phi) is 3.25. The van der Waals surface area contributed by atoms with E-state index in [2.05, 4.69) is 30.9 Å². The second-order valence-electron chi connectivity index (χ2n) is 6.24. The van der Waals surface area contributed by atoms with Gasteiger partial charge in [0.2, 0.25) is 5.89 Å². The Morgan fingerprint density at radius 1 is 1.12 bits per heavy atom. The molecule has 1 aliphatic rings. The van der Waals surface area contributed by atoms with Crippen LogP contribution in [0.2, 0.25) is 0 Å². The minimum atomic E-state index is -0.372. The van der Waals surface area contributed by atoms with Gasteiger partial charge in [-0.2, -0.15) is 4.98 Å². The predicted molar refractivity (Wildman–Crippen MR) is 66.6 cm³/mol. The fourth-order valence-corrected chi connectivity index (χ4v) is 2.31. The third kappa shape index (κ3) is 2.68. The van der Waals surface area contributed by atoms with Crippen molar-refractivity contribution in [2.75, 3.05) is 0 Å². The van der Waals surface area contributed by atoms with Crippen molar-refractivity contribution in [1.82, 2.24) is 10.1 Å². The first-order valence-corrected chi connectivity index (χ1v) is 6.55. The lowest BCUT2D eigenvalue weighted by atomic mass is 9.90. The fraction of sp³-hybridized carbons (Fsp3) is 0.846. The Balaban J connectivity index is 2.23. The topological polar surface area (TPSA) is 64.9 Å². The average Bonchev–Trinajstić information content (AvgIpc) is 2.64. The van der Waals surface area contributed by atoms with E-state index in [-0.39, 0.29) is 11.0 Å². The van der Waals surface area contributed by atoms with E-state index in [1.165, 1.54) is 12.8 Å². The molecule has 0 amide bonds. The van der Waals surface area contributed by atoms with E-state index in [0.29, 0.717) is 11.7 Å². The van der Waals surface area contributed by atoms with Gasteiger partial charge in [0, 0.05) is 5.41 Å². The molecule has 0 unspecified atom stereocenters. The summed E-state index contributed by atoms with van der Waals surface area (Å²) in [7, 11) is 0. The number of rotatable bonds is 1. The Hall–Kier alpha value is -0.900. The van der Waals surface area contributed by atoms with E-state index in [1.54, 1.807) is 0 Å². The lowest BCUT2D eigenvalue weighted by Gasteiger charge is -2.23. The van der Waals surface area contributed by atoms with Gasteiger partial charge in [-0.05, 0) is 12.8 Å². The molecule has 1 aromatic rings. The van der Waals surface area contributed by atoms with Crippen LogP contribution < -0.4 is 5.73 Å². The molecule has 1 aromatic heterocycles. The summed E-state index contributed by atoms with van der Waals surface area (Å²) in [5.41, 5.74) is 5.98. The Morgan fingerprint density at radius 2 is 1.71 bits per heavy atom. The van der Waals surface area contributed by atoms with Gasteiger partial charge in [0.1, 0.15) is 0 Å². The summed E-state index contributed by atoms with van der Waals surface area (Å²) in [6.07, 6.45) is 6.80. The molecular formula is C13H23N3O. The highest BCUT2D eigenvalue weighted by molar-refractivity contribution is 5.07. The zero-order valence-corrected chi connectivity index (χ0v) is 11.1. The highest BCUT2D eigenvalue weighted by Crippen LogP contribution is 2.33. The highest BCUT2D eigenvalue weighted by Gasteiger charge is 2.34. The summed E-state index contributed by atoms with van der Waals surface area (Å²) in [5.74, 6) is 1.38. The van der Waals surface area contributed by atoms with Crippen molar-refractivity contribution in [3.63, 3.8) is 0 Å². The second-order valence-corrected chi connectivity index (χ2v) is 6.24. The molecule has 1 aliphatic carbocycles. The van der Waals surface area contributed by atoms with E-state index in [9.17, 15) is 0 Å². The monoisotopic (exact) mass is 237 g/mol. The molecule has 0 saturated heterocycles. The smallest absolute Gasteiger partial charge is 0.232 e. The van der Waals surface area contributed by atoms with Crippen molar-refractivity contribution in [3.05, 3.63) is 11.7 Å². The van der Waals surface area contributed by atoms with Gasteiger partial charge in [0.05, 0.1) is 5.54 Å². The van der Waals surface area contributed by atoms with Crippen molar-refractivity contribution in [2.24, 2.45) is 5.73 Å². The Morgan fingerprint density at radius 3 is 2.18 bits per heavy atom. The van der Waals surface area contributed by atoms with Crippen LogP contribution in [-0.4, -0.2) is 10.1 Å². The van der Waals surface area contributed by atoms with Gasteiger partial charge in [0.15, 0.2) is 5.82 Å². The number of hydrogen-bond acceptors (Lipinski definition) is 4. The van der Waals surface area contributed by atoms with Gasteiger partial charge in [-0.25, -0.2) is 0 Å². The van der Waals surface area contributed by atoms with Crippen molar-refractivity contribution >= 4 is 0 Å². The largest absolute Gasteiger partial charge is 0.339 e. The number of hydrogen-bond donors (Lipinski definition) is 1. The molecule has 17 heavy (non-hydrogen) atoms. The van der Waals surface area contributed by atoms with Crippen molar-refractivity contribution < 1.29 is 4.52 Å². The summed E-state index contributed by atoms with van der Waals surface area (Å²) < 4.78 is 5.35. The second kappa shape index (κ2) is 4.41. The lowest BCUT2D eigenvalue weighted by Crippen LogP contribution is -2.37. The summed E-state index contributed by atoms with van der Waals surface area (Å²) in [6, 6.07) is 0. The van der Waals surface area contributed by atoms with Gasteiger partial charge in [0.25, 0.3) is 0 Å². The first kappa shape index (κ1) is 12.6. The zero-order valence-electron chi connectivity index (χ0n) is 11.1. The van der Waals surface area contributed by atoms with Gasteiger partial charge < -0.3 is 10.3 Å². The summed E-state index contributed by atoms with van der Waals surface area (Å²) in [6.45, 7) is 6.21. The van der Waals surface area contributed by atoms with Crippen LogP contribution >= 0.6 is 0 Å². The molecule has 4 nitrogen and oxygen atoms in total. The number of aromatic nitrogens is 2. The first-order chi connectivity index (χ1) is 7.92. The molecule has 1 heterocycles. The minimum Gasteiger partial charge on any atom is -0.339 e. The highest BCUT2D eigenvalue weighted by atomic mass is 16.5. The summed E-state index contributed by atoms with van der Waals surface area (Å²) in [5, 5.41) is 4.11. The van der Waals surface area contributed by atoms with Crippen molar-refractivity contribution in [1.29, 1.82) is 0 Å². The maximum atomic E-state index is 6.45. The van der Waals surface area contributed by atoms with Crippen LogP contribution in [0.5, 0.6) is 0 Å². The molecule has 0 radical (unpaired) electrons. The lowest BCUT2D eigenvalue weighted by molar-refractivity contribution is 0.301. The predicted octanol–water partition coefficient (Wildman–Crippen LogP) is 2.88. The van der Waals surface area contributed by atoms with Gasteiger partial charge >= 0.3 is 0 Å². The van der Waals surface area contributed by atoms with Crippen LogP contribution in [0.15, 0.2) is 4.52 Å². The van der Waals surface area contributed by atoms with Crippen LogP contribution in [0, 0.1) is 0 Å². The Bertz CT molecular complexity index is 370. The molecular weight excluding hydrogens is 214 g/mol. The van der Waals surface area contributed by atoms with Gasteiger partial charge in [-0.15, -0.1) is 0 Å². The molecule has 2 N–H and O–H groups in total. The zero-order chi connectivity index (χ0) is 12.5. The van der Waals surface area contributed by atoms with E-state index in [0.717, 1.165) is 25.7 Å². The van der Waals surface area contributed by atoms with Crippen molar-refractivity contribution in [2.45, 2.75) is 70.3 Å². The van der Waals surface area contributed by atoms with Crippen LogP contribution in [0.4, 0.5) is 0 Å². The van der Waals surface area contributed by atoms with Crippen molar-refractivity contribution in [3.8, 4) is 0 Å². The molecule has 1 saturated carbocycles. The maximum absolute atomic E-state index is 6.45.